The third-order valence-electron chi connectivity index (χ3n) is 5.09. The molecule has 0 radical (unpaired) electrons. The summed E-state index contributed by atoms with van der Waals surface area (Å²) in [5.41, 5.74) is 2.11. The third kappa shape index (κ3) is 6.51. The number of carbonyl (C=O) groups excluding carboxylic acids is 2. The molecule has 1 aliphatic rings. The molecule has 1 aliphatic heterocycles. The van der Waals surface area contributed by atoms with Crippen LogP contribution in [-0.2, 0) is 4.79 Å². The van der Waals surface area contributed by atoms with Crippen LogP contribution in [0.3, 0.4) is 0 Å². The standard InChI is InChI=1S/C24H31N3O3/c1-2-3-15-30-22-12-8-11-21(17-22)26-23(28)18-25-20-10-7-9-19(16-20)24(29)27-13-5-4-6-14-27/h7-12,16-17,25H,2-6,13-15,18H2,1H3,(H,26,28). The SMILES string of the molecule is CCCCOc1cccc(NC(=O)CNc2cccc(C(=O)N3CCCCC3)c2)c1. The van der Waals surface area contributed by atoms with Crippen molar-refractivity contribution in [1.29, 1.82) is 0 Å². The highest BCUT2D eigenvalue weighted by atomic mass is 16.5. The minimum atomic E-state index is -0.159. The topological polar surface area (TPSA) is 70.7 Å². The number of unbranched alkanes of at least 4 members (excludes halogenated alkanes) is 1. The highest BCUT2D eigenvalue weighted by Gasteiger charge is 2.18. The molecule has 6 nitrogen and oxygen atoms in total. The molecule has 2 amide bonds. The van der Waals surface area contributed by atoms with Gasteiger partial charge >= 0.3 is 0 Å². The van der Waals surface area contributed by atoms with Crippen molar-refractivity contribution in [2.75, 3.05) is 36.9 Å². The molecule has 6 heteroatoms. The molecule has 0 atom stereocenters. The Kier molecular flexibility index (Phi) is 8.12. The van der Waals surface area contributed by atoms with Crippen molar-refractivity contribution >= 4 is 23.2 Å². The van der Waals surface area contributed by atoms with Gasteiger partial charge in [0, 0.05) is 36.1 Å². The first-order valence-electron chi connectivity index (χ1n) is 10.8. The zero-order valence-electron chi connectivity index (χ0n) is 17.7. The van der Waals surface area contributed by atoms with E-state index in [1.54, 1.807) is 0 Å². The first-order chi connectivity index (χ1) is 14.7. The lowest BCUT2D eigenvalue weighted by Gasteiger charge is -2.26. The number of ether oxygens (including phenoxy) is 1. The summed E-state index contributed by atoms with van der Waals surface area (Å²) in [4.78, 5) is 26.9. The van der Waals surface area contributed by atoms with Gasteiger partial charge in [-0.1, -0.05) is 25.5 Å². The molecular weight excluding hydrogens is 378 g/mol. The molecule has 0 saturated carbocycles. The van der Waals surface area contributed by atoms with E-state index in [-0.39, 0.29) is 18.4 Å². The molecule has 0 bridgehead atoms. The minimum absolute atomic E-state index is 0.0580. The number of nitrogens with one attached hydrogen (secondary N) is 2. The van der Waals surface area contributed by atoms with E-state index in [4.69, 9.17) is 4.74 Å². The third-order valence-corrected chi connectivity index (χ3v) is 5.09. The van der Waals surface area contributed by atoms with Gasteiger partial charge in [0.15, 0.2) is 0 Å². The van der Waals surface area contributed by atoms with Gasteiger partial charge in [-0.25, -0.2) is 0 Å². The average molecular weight is 410 g/mol. The summed E-state index contributed by atoms with van der Waals surface area (Å²) in [7, 11) is 0. The van der Waals surface area contributed by atoms with Gasteiger partial charge in [-0.3, -0.25) is 9.59 Å². The monoisotopic (exact) mass is 409 g/mol. The maximum Gasteiger partial charge on any atom is 0.253 e. The van der Waals surface area contributed by atoms with Crippen LogP contribution in [0.5, 0.6) is 5.75 Å². The fraction of sp³-hybridized carbons (Fsp3) is 0.417. The van der Waals surface area contributed by atoms with Gasteiger partial charge in [0.05, 0.1) is 13.2 Å². The summed E-state index contributed by atoms with van der Waals surface area (Å²) >= 11 is 0. The molecule has 1 saturated heterocycles. The Labute approximate surface area is 178 Å². The summed E-state index contributed by atoms with van der Waals surface area (Å²) in [6, 6.07) is 14.7. The van der Waals surface area contributed by atoms with Crippen molar-refractivity contribution in [3.05, 3.63) is 54.1 Å². The van der Waals surface area contributed by atoms with E-state index in [0.29, 0.717) is 17.9 Å². The largest absolute Gasteiger partial charge is 0.494 e. The van der Waals surface area contributed by atoms with Crippen LogP contribution in [0, 0.1) is 0 Å². The molecule has 1 heterocycles. The lowest BCUT2D eigenvalue weighted by molar-refractivity contribution is -0.114. The second-order valence-corrected chi connectivity index (χ2v) is 7.57. The first kappa shape index (κ1) is 21.7. The molecule has 0 spiro atoms. The molecule has 30 heavy (non-hydrogen) atoms. The Hall–Kier alpha value is -3.02. The maximum atomic E-state index is 12.7. The van der Waals surface area contributed by atoms with E-state index >= 15 is 0 Å². The molecule has 2 aromatic carbocycles. The molecule has 160 valence electrons. The lowest BCUT2D eigenvalue weighted by Crippen LogP contribution is -2.35. The van der Waals surface area contributed by atoms with Crippen molar-refractivity contribution in [2.24, 2.45) is 0 Å². The van der Waals surface area contributed by atoms with E-state index in [9.17, 15) is 9.59 Å². The fourth-order valence-electron chi connectivity index (χ4n) is 3.43. The highest BCUT2D eigenvalue weighted by Crippen LogP contribution is 2.18. The summed E-state index contributed by atoms with van der Waals surface area (Å²) in [6.45, 7) is 4.54. The Morgan fingerprint density at radius 3 is 2.57 bits per heavy atom. The predicted molar refractivity (Wildman–Crippen MR) is 120 cm³/mol. The predicted octanol–water partition coefficient (Wildman–Crippen LogP) is 4.54. The number of benzene rings is 2. The van der Waals surface area contributed by atoms with E-state index < -0.39 is 0 Å². The number of likely N-dealkylation sites (tertiary alicyclic amines) is 1. The molecular formula is C24H31N3O3. The highest BCUT2D eigenvalue weighted by molar-refractivity contribution is 5.96. The van der Waals surface area contributed by atoms with E-state index in [2.05, 4.69) is 17.6 Å². The number of nitrogens with zero attached hydrogens (tertiary/aromatic N) is 1. The summed E-state index contributed by atoms with van der Waals surface area (Å²) < 4.78 is 5.68. The van der Waals surface area contributed by atoms with Gasteiger partial charge in [0.25, 0.3) is 5.91 Å². The molecule has 0 aromatic heterocycles. The second kappa shape index (κ2) is 11.2. The molecule has 0 aliphatic carbocycles. The molecule has 2 aromatic rings. The summed E-state index contributed by atoms with van der Waals surface area (Å²) in [5.74, 6) is 0.647. The van der Waals surface area contributed by atoms with Gasteiger partial charge in [-0.2, -0.15) is 0 Å². The number of rotatable bonds is 9. The van der Waals surface area contributed by atoms with E-state index in [1.165, 1.54) is 6.42 Å². The zero-order valence-corrected chi connectivity index (χ0v) is 17.7. The molecule has 0 unspecified atom stereocenters. The van der Waals surface area contributed by atoms with Crippen LogP contribution in [0.4, 0.5) is 11.4 Å². The number of carbonyl (C=O) groups is 2. The minimum Gasteiger partial charge on any atom is -0.494 e. The van der Waals surface area contributed by atoms with Gasteiger partial charge in [-0.15, -0.1) is 0 Å². The summed E-state index contributed by atoms with van der Waals surface area (Å²) in [5, 5.41) is 5.98. The number of piperidine rings is 1. The number of amides is 2. The Morgan fingerprint density at radius 1 is 1.00 bits per heavy atom. The lowest BCUT2D eigenvalue weighted by atomic mass is 10.1. The summed E-state index contributed by atoms with van der Waals surface area (Å²) in [6.07, 6.45) is 5.39. The molecule has 1 fully saturated rings. The maximum absolute atomic E-state index is 12.7. The Morgan fingerprint density at radius 2 is 1.77 bits per heavy atom. The Bertz CT molecular complexity index is 847. The first-order valence-corrected chi connectivity index (χ1v) is 10.8. The van der Waals surface area contributed by atoms with E-state index in [1.807, 2.05) is 53.4 Å². The Balaban J connectivity index is 1.51. The second-order valence-electron chi connectivity index (χ2n) is 7.57. The number of hydrogen-bond donors (Lipinski definition) is 2. The van der Waals surface area contributed by atoms with Crippen LogP contribution in [0.2, 0.25) is 0 Å². The fourth-order valence-corrected chi connectivity index (χ4v) is 3.43. The molecule has 2 N–H and O–H groups in total. The number of hydrogen-bond acceptors (Lipinski definition) is 4. The van der Waals surface area contributed by atoms with E-state index in [0.717, 1.165) is 50.2 Å². The van der Waals surface area contributed by atoms with Crippen LogP contribution in [0.15, 0.2) is 48.5 Å². The van der Waals surface area contributed by atoms with Crippen molar-refractivity contribution in [1.82, 2.24) is 4.90 Å². The smallest absolute Gasteiger partial charge is 0.253 e. The van der Waals surface area contributed by atoms with Crippen LogP contribution in [0.1, 0.15) is 49.4 Å². The van der Waals surface area contributed by atoms with Gasteiger partial charge in [-0.05, 0) is 56.0 Å². The van der Waals surface area contributed by atoms with Gasteiger partial charge < -0.3 is 20.3 Å². The van der Waals surface area contributed by atoms with Crippen LogP contribution in [-0.4, -0.2) is 43.0 Å². The quantitative estimate of drug-likeness (QED) is 0.597. The van der Waals surface area contributed by atoms with Gasteiger partial charge in [0.2, 0.25) is 5.91 Å². The zero-order chi connectivity index (χ0) is 21.2. The number of anilines is 2. The van der Waals surface area contributed by atoms with Crippen molar-refractivity contribution in [3.8, 4) is 5.75 Å². The van der Waals surface area contributed by atoms with Crippen molar-refractivity contribution in [2.45, 2.75) is 39.0 Å². The van der Waals surface area contributed by atoms with Crippen LogP contribution < -0.4 is 15.4 Å². The van der Waals surface area contributed by atoms with Crippen molar-refractivity contribution in [3.63, 3.8) is 0 Å². The van der Waals surface area contributed by atoms with Crippen LogP contribution in [0.25, 0.3) is 0 Å². The van der Waals surface area contributed by atoms with Crippen molar-refractivity contribution < 1.29 is 14.3 Å². The van der Waals surface area contributed by atoms with Gasteiger partial charge in [0.1, 0.15) is 5.75 Å². The normalized spacial score (nSPS) is 13.6. The van der Waals surface area contributed by atoms with Crippen LogP contribution >= 0.6 is 0 Å². The molecule has 3 rings (SSSR count). The average Bonchev–Trinajstić information content (AvgIpc) is 2.78.